The normalized spacial score (nSPS) is 15.4. The zero-order valence-corrected chi connectivity index (χ0v) is 20.5. The van der Waals surface area contributed by atoms with E-state index in [1.165, 1.54) is 31.2 Å². The first-order valence-corrected chi connectivity index (χ1v) is 12.9. The molecule has 1 heterocycles. The molecule has 0 atom stereocenters. The zero-order valence-electron chi connectivity index (χ0n) is 18.9. The molecule has 6 nitrogen and oxygen atoms in total. The Labute approximate surface area is 202 Å². The van der Waals surface area contributed by atoms with Crippen LogP contribution >= 0.6 is 11.6 Å². The first-order valence-electron chi connectivity index (χ1n) is 10.9. The number of sulfone groups is 1. The highest BCUT2D eigenvalue weighted by atomic mass is 35.5. The second-order valence-corrected chi connectivity index (χ2v) is 10.9. The molecule has 11 heteroatoms. The van der Waals surface area contributed by atoms with Crippen molar-refractivity contribution in [3.8, 4) is 0 Å². The third-order valence-corrected chi connectivity index (χ3v) is 7.87. The molecule has 0 spiro atoms. The summed E-state index contributed by atoms with van der Waals surface area (Å²) >= 11 is 5.99. The van der Waals surface area contributed by atoms with Crippen LogP contribution in [0.1, 0.15) is 39.5 Å². The van der Waals surface area contributed by atoms with Gasteiger partial charge >= 0.3 is 6.18 Å². The summed E-state index contributed by atoms with van der Waals surface area (Å²) in [7, 11) is -3.58. The number of nitrogens with one attached hydrogen (secondary N) is 2. The zero-order chi connectivity index (χ0) is 25.1. The minimum atomic E-state index is -4.63. The summed E-state index contributed by atoms with van der Waals surface area (Å²) in [5, 5.41) is 5.99. The van der Waals surface area contributed by atoms with Gasteiger partial charge in [-0.15, -0.1) is 0 Å². The highest BCUT2D eigenvalue weighted by Crippen LogP contribution is 2.35. The Morgan fingerprint density at radius 1 is 1.18 bits per heavy atom. The number of carbonyl (C=O) groups excluding carboxylic acids is 1. The number of halogens is 4. The van der Waals surface area contributed by atoms with Crippen LogP contribution in [0.2, 0.25) is 5.02 Å². The molecule has 0 aromatic heterocycles. The van der Waals surface area contributed by atoms with Crippen molar-refractivity contribution in [3.63, 3.8) is 0 Å². The molecule has 0 aliphatic carbocycles. The third kappa shape index (κ3) is 6.29. The van der Waals surface area contributed by atoms with Crippen molar-refractivity contribution < 1.29 is 26.4 Å². The highest BCUT2D eigenvalue weighted by molar-refractivity contribution is 7.91. The van der Waals surface area contributed by atoms with E-state index in [4.69, 9.17) is 11.6 Å². The average Bonchev–Trinajstić information content (AvgIpc) is 2.78. The third-order valence-electron chi connectivity index (χ3n) is 5.81. The van der Waals surface area contributed by atoms with E-state index in [9.17, 15) is 26.4 Å². The molecular formula is C23H27ClF3N3O3S. The predicted molar refractivity (Wildman–Crippen MR) is 125 cm³/mol. The maximum absolute atomic E-state index is 13.9. The smallest absolute Gasteiger partial charge is 0.348 e. The van der Waals surface area contributed by atoms with Gasteiger partial charge in [-0.3, -0.25) is 9.69 Å². The number of rotatable bonds is 7. The Bertz CT molecular complexity index is 1160. The lowest BCUT2D eigenvalue weighted by atomic mass is 9.96. The Morgan fingerprint density at radius 3 is 2.47 bits per heavy atom. The van der Waals surface area contributed by atoms with Crippen molar-refractivity contribution in [2.75, 3.05) is 31.9 Å². The molecule has 1 aliphatic rings. The van der Waals surface area contributed by atoms with Gasteiger partial charge < -0.3 is 10.6 Å². The van der Waals surface area contributed by atoms with E-state index in [-0.39, 0.29) is 45.5 Å². The lowest BCUT2D eigenvalue weighted by Crippen LogP contribution is -2.43. The van der Waals surface area contributed by atoms with Crippen LogP contribution in [0.5, 0.6) is 0 Å². The minimum absolute atomic E-state index is 0.0261. The van der Waals surface area contributed by atoms with Gasteiger partial charge in [-0.05, 0) is 53.9 Å². The summed E-state index contributed by atoms with van der Waals surface area (Å²) in [4.78, 5) is 14.8. The van der Waals surface area contributed by atoms with Crippen molar-refractivity contribution in [2.24, 2.45) is 0 Å². The van der Waals surface area contributed by atoms with Crippen LogP contribution in [0.3, 0.4) is 0 Å². The molecule has 34 heavy (non-hydrogen) atoms. The van der Waals surface area contributed by atoms with Crippen LogP contribution in [0.25, 0.3) is 0 Å². The molecule has 1 fully saturated rings. The second-order valence-electron chi connectivity index (χ2n) is 8.18. The standard InChI is InChI=1S/C23H27ClF3N3O3S/c1-3-34(32,33)21-5-4-18(24)11-17(21)13-29-22(31)16-10-15(2)19(20(12-16)23(25,26)27)14-30-8-6-28-7-9-30/h4-5,10-12,28H,3,6-9,13-14H2,1-2H3,(H,29,31). The van der Waals surface area contributed by atoms with E-state index < -0.39 is 27.5 Å². The lowest BCUT2D eigenvalue weighted by molar-refractivity contribution is -0.138. The molecule has 2 aromatic rings. The molecular weight excluding hydrogens is 491 g/mol. The number of aryl methyl sites for hydroxylation is 1. The minimum Gasteiger partial charge on any atom is -0.348 e. The SMILES string of the molecule is CCS(=O)(=O)c1ccc(Cl)cc1CNC(=O)c1cc(C)c(CN2CCNCC2)c(C(F)(F)F)c1. The molecule has 0 radical (unpaired) electrons. The van der Waals surface area contributed by atoms with Gasteiger partial charge in [0.2, 0.25) is 0 Å². The summed E-state index contributed by atoms with van der Waals surface area (Å²) < 4.78 is 66.4. The quantitative estimate of drug-likeness (QED) is 0.584. The molecule has 2 N–H and O–H groups in total. The maximum atomic E-state index is 13.9. The van der Waals surface area contributed by atoms with Crippen LogP contribution in [0, 0.1) is 6.92 Å². The highest BCUT2D eigenvalue weighted by Gasteiger charge is 2.35. The molecule has 1 aliphatic heterocycles. The molecule has 3 rings (SSSR count). The first kappa shape index (κ1) is 26.5. The van der Waals surface area contributed by atoms with Crippen molar-refractivity contribution >= 4 is 27.3 Å². The van der Waals surface area contributed by atoms with E-state index >= 15 is 0 Å². The largest absolute Gasteiger partial charge is 0.416 e. The van der Waals surface area contributed by atoms with Gasteiger partial charge in [-0.25, -0.2) is 8.42 Å². The average molecular weight is 518 g/mol. The van der Waals surface area contributed by atoms with E-state index in [2.05, 4.69) is 10.6 Å². The molecule has 0 saturated carbocycles. The summed E-state index contributed by atoms with van der Waals surface area (Å²) in [5.41, 5.74) is -0.192. The van der Waals surface area contributed by atoms with Crippen molar-refractivity contribution in [1.82, 2.24) is 15.5 Å². The number of hydrogen-bond donors (Lipinski definition) is 2. The number of nitrogens with zero attached hydrogens (tertiary/aromatic N) is 1. The number of benzene rings is 2. The molecule has 1 saturated heterocycles. The van der Waals surface area contributed by atoms with Gasteiger partial charge in [0.05, 0.1) is 16.2 Å². The van der Waals surface area contributed by atoms with E-state index in [0.717, 1.165) is 6.07 Å². The van der Waals surface area contributed by atoms with Crippen molar-refractivity contribution in [1.29, 1.82) is 0 Å². The Kier molecular flexibility index (Phi) is 8.28. The number of hydrogen-bond acceptors (Lipinski definition) is 5. The van der Waals surface area contributed by atoms with Gasteiger partial charge in [0.25, 0.3) is 5.91 Å². The van der Waals surface area contributed by atoms with Crippen LogP contribution < -0.4 is 10.6 Å². The van der Waals surface area contributed by atoms with Crippen LogP contribution in [-0.4, -0.2) is 51.2 Å². The maximum Gasteiger partial charge on any atom is 0.416 e. The fourth-order valence-corrected chi connectivity index (χ4v) is 5.24. The Balaban J connectivity index is 1.87. The van der Waals surface area contributed by atoms with Gasteiger partial charge in [0.15, 0.2) is 9.84 Å². The molecule has 1 amide bonds. The number of amides is 1. The Morgan fingerprint density at radius 2 is 1.85 bits per heavy atom. The summed E-state index contributed by atoms with van der Waals surface area (Å²) in [6.07, 6.45) is -4.63. The lowest BCUT2D eigenvalue weighted by Gasteiger charge is -2.29. The van der Waals surface area contributed by atoms with Gasteiger partial charge in [-0.1, -0.05) is 18.5 Å². The van der Waals surface area contributed by atoms with E-state index in [1.54, 1.807) is 6.92 Å². The van der Waals surface area contributed by atoms with E-state index in [0.29, 0.717) is 31.7 Å². The molecule has 0 bridgehead atoms. The first-order chi connectivity index (χ1) is 15.9. The van der Waals surface area contributed by atoms with Crippen LogP contribution in [0.4, 0.5) is 13.2 Å². The summed E-state index contributed by atoms with van der Waals surface area (Å²) in [5.74, 6) is -0.875. The molecule has 2 aromatic carbocycles. The fourth-order valence-electron chi connectivity index (χ4n) is 3.93. The molecule has 0 unspecified atom stereocenters. The van der Waals surface area contributed by atoms with E-state index in [1.807, 2.05) is 4.90 Å². The number of piperazine rings is 1. The predicted octanol–water partition coefficient (Wildman–Crippen LogP) is 3.80. The molecule has 186 valence electrons. The van der Waals surface area contributed by atoms with Crippen molar-refractivity contribution in [3.05, 3.63) is 63.2 Å². The van der Waals surface area contributed by atoms with Gasteiger partial charge in [0.1, 0.15) is 0 Å². The second kappa shape index (κ2) is 10.6. The van der Waals surface area contributed by atoms with Gasteiger partial charge in [-0.2, -0.15) is 13.2 Å². The number of alkyl halides is 3. The summed E-state index contributed by atoms with van der Waals surface area (Å²) in [6.45, 7) is 5.70. The Hall–Kier alpha value is -2.14. The van der Waals surface area contributed by atoms with Crippen LogP contribution in [-0.2, 0) is 29.1 Å². The monoisotopic (exact) mass is 517 g/mol. The topological polar surface area (TPSA) is 78.5 Å². The fraction of sp³-hybridized carbons (Fsp3) is 0.435. The number of carbonyl (C=O) groups is 1. The summed E-state index contributed by atoms with van der Waals surface area (Å²) in [6, 6.07) is 6.52. The van der Waals surface area contributed by atoms with Crippen LogP contribution in [0.15, 0.2) is 35.2 Å². The van der Waals surface area contributed by atoms with Crippen molar-refractivity contribution in [2.45, 2.75) is 38.0 Å². The van der Waals surface area contributed by atoms with Gasteiger partial charge in [0, 0.05) is 49.9 Å².